The molecule has 1 rings (SSSR count). The maximum atomic E-state index is 11.9. The van der Waals surface area contributed by atoms with Gasteiger partial charge in [0.25, 0.3) is 0 Å². The van der Waals surface area contributed by atoms with E-state index in [4.69, 9.17) is 11.6 Å². The standard InChI is InChI=1S/C10H15ClF3NO/c1-7-6-15(5-3-8(7)11)9(16)2-4-10(12,13)14/h7-8H,2-6H2,1H3. The van der Waals surface area contributed by atoms with Crippen LogP contribution in [0.25, 0.3) is 0 Å². The number of likely N-dealkylation sites (tertiary alicyclic amines) is 1. The van der Waals surface area contributed by atoms with E-state index in [-0.39, 0.29) is 11.3 Å². The zero-order valence-electron chi connectivity index (χ0n) is 9.06. The summed E-state index contributed by atoms with van der Waals surface area (Å²) in [6.45, 7) is 2.83. The van der Waals surface area contributed by atoms with E-state index in [1.807, 2.05) is 6.92 Å². The number of piperidine rings is 1. The summed E-state index contributed by atoms with van der Waals surface area (Å²) in [5, 5.41) is 0.0201. The molecule has 1 heterocycles. The molecule has 1 aliphatic heterocycles. The molecular formula is C10H15ClF3NO. The van der Waals surface area contributed by atoms with Crippen LogP contribution in [0, 0.1) is 5.92 Å². The monoisotopic (exact) mass is 257 g/mol. The van der Waals surface area contributed by atoms with E-state index in [0.717, 1.165) is 0 Å². The number of hydrogen-bond donors (Lipinski definition) is 0. The summed E-state index contributed by atoms with van der Waals surface area (Å²) in [6, 6.07) is 0. The summed E-state index contributed by atoms with van der Waals surface area (Å²) >= 11 is 5.97. The molecule has 1 saturated heterocycles. The van der Waals surface area contributed by atoms with Crippen LogP contribution in [0.4, 0.5) is 13.2 Å². The van der Waals surface area contributed by atoms with Crippen molar-refractivity contribution in [2.45, 2.75) is 37.7 Å². The first-order valence-corrected chi connectivity index (χ1v) is 5.72. The molecule has 2 unspecified atom stereocenters. The molecule has 2 nitrogen and oxygen atoms in total. The van der Waals surface area contributed by atoms with Crippen LogP contribution in [-0.4, -0.2) is 35.4 Å². The molecule has 1 amide bonds. The van der Waals surface area contributed by atoms with Crippen molar-refractivity contribution in [3.8, 4) is 0 Å². The van der Waals surface area contributed by atoms with Crippen molar-refractivity contribution in [3.05, 3.63) is 0 Å². The highest BCUT2D eigenvalue weighted by Crippen LogP contribution is 2.25. The lowest BCUT2D eigenvalue weighted by Gasteiger charge is -2.34. The predicted octanol–water partition coefficient (Wildman–Crippen LogP) is 2.80. The first-order chi connectivity index (χ1) is 7.29. The van der Waals surface area contributed by atoms with E-state index in [9.17, 15) is 18.0 Å². The third-order valence-electron chi connectivity index (χ3n) is 2.78. The maximum absolute atomic E-state index is 11.9. The molecule has 0 radical (unpaired) electrons. The minimum absolute atomic E-state index is 0.0201. The molecule has 6 heteroatoms. The number of nitrogens with zero attached hydrogens (tertiary/aromatic N) is 1. The Bertz CT molecular complexity index is 257. The van der Waals surface area contributed by atoms with Crippen LogP contribution in [-0.2, 0) is 4.79 Å². The van der Waals surface area contributed by atoms with Gasteiger partial charge in [-0.15, -0.1) is 11.6 Å². The van der Waals surface area contributed by atoms with Gasteiger partial charge in [0.05, 0.1) is 6.42 Å². The smallest absolute Gasteiger partial charge is 0.342 e. The highest BCUT2D eigenvalue weighted by Gasteiger charge is 2.31. The summed E-state index contributed by atoms with van der Waals surface area (Å²) in [4.78, 5) is 13.0. The molecule has 0 aromatic rings. The maximum Gasteiger partial charge on any atom is 0.389 e. The van der Waals surface area contributed by atoms with Gasteiger partial charge in [0, 0.05) is 24.9 Å². The number of rotatable bonds is 2. The predicted molar refractivity (Wildman–Crippen MR) is 55.3 cm³/mol. The van der Waals surface area contributed by atoms with Crippen LogP contribution in [0.2, 0.25) is 0 Å². The summed E-state index contributed by atoms with van der Waals surface area (Å²) < 4.78 is 35.8. The first kappa shape index (κ1) is 13.6. The Morgan fingerprint density at radius 3 is 2.62 bits per heavy atom. The van der Waals surface area contributed by atoms with E-state index in [2.05, 4.69) is 0 Å². The average Bonchev–Trinajstić information content (AvgIpc) is 2.17. The minimum atomic E-state index is -4.26. The molecule has 0 aromatic heterocycles. The fourth-order valence-corrected chi connectivity index (χ4v) is 1.93. The quantitative estimate of drug-likeness (QED) is 0.697. The van der Waals surface area contributed by atoms with Crippen LogP contribution < -0.4 is 0 Å². The Labute approximate surface area is 97.7 Å². The zero-order chi connectivity index (χ0) is 12.3. The van der Waals surface area contributed by atoms with E-state index in [1.165, 1.54) is 4.90 Å². The van der Waals surface area contributed by atoms with Gasteiger partial charge in [-0.05, 0) is 12.3 Å². The topological polar surface area (TPSA) is 20.3 Å². The summed E-state index contributed by atoms with van der Waals surface area (Å²) in [7, 11) is 0. The third kappa shape index (κ3) is 4.20. The SMILES string of the molecule is CC1CN(C(=O)CCC(F)(F)F)CCC1Cl. The molecule has 1 fully saturated rings. The van der Waals surface area contributed by atoms with Crippen molar-refractivity contribution in [3.63, 3.8) is 0 Å². The van der Waals surface area contributed by atoms with Gasteiger partial charge in [0.1, 0.15) is 0 Å². The van der Waals surface area contributed by atoms with Gasteiger partial charge < -0.3 is 4.90 Å². The van der Waals surface area contributed by atoms with Crippen LogP contribution >= 0.6 is 11.6 Å². The van der Waals surface area contributed by atoms with Crippen LogP contribution in [0.1, 0.15) is 26.2 Å². The Balaban J connectivity index is 2.38. The van der Waals surface area contributed by atoms with Gasteiger partial charge in [-0.2, -0.15) is 13.2 Å². The Kier molecular flexibility index (Phi) is 4.47. The van der Waals surface area contributed by atoms with Crippen molar-refractivity contribution < 1.29 is 18.0 Å². The van der Waals surface area contributed by atoms with Crippen molar-refractivity contribution in [2.24, 2.45) is 5.92 Å². The first-order valence-electron chi connectivity index (χ1n) is 5.28. The molecular weight excluding hydrogens is 243 g/mol. The van der Waals surface area contributed by atoms with Crippen LogP contribution in [0.15, 0.2) is 0 Å². The third-order valence-corrected chi connectivity index (χ3v) is 3.42. The molecule has 0 spiro atoms. The number of carbonyl (C=O) groups is 1. The average molecular weight is 258 g/mol. The molecule has 1 aliphatic rings. The molecule has 0 bridgehead atoms. The van der Waals surface area contributed by atoms with Crippen molar-refractivity contribution in [2.75, 3.05) is 13.1 Å². The van der Waals surface area contributed by atoms with Crippen LogP contribution in [0.5, 0.6) is 0 Å². The second kappa shape index (κ2) is 5.25. The van der Waals surface area contributed by atoms with Gasteiger partial charge in [-0.25, -0.2) is 0 Å². The minimum Gasteiger partial charge on any atom is -0.342 e. The van der Waals surface area contributed by atoms with Crippen molar-refractivity contribution >= 4 is 17.5 Å². The molecule has 2 atom stereocenters. The van der Waals surface area contributed by atoms with E-state index in [1.54, 1.807) is 0 Å². The van der Waals surface area contributed by atoms with E-state index >= 15 is 0 Å². The number of hydrogen-bond acceptors (Lipinski definition) is 1. The van der Waals surface area contributed by atoms with Gasteiger partial charge in [-0.3, -0.25) is 4.79 Å². The van der Waals surface area contributed by atoms with Crippen molar-refractivity contribution in [1.82, 2.24) is 4.90 Å². The normalized spacial score (nSPS) is 26.9. The number of carbonyl (C=O) groups excluding carboxylic acids is 1. The number of alkyl halides is 4. The number of halogens is 4. The molecule has 0 aliphatic carbocycles. The van der Waals surface area contributed by atoms with Crippen LogP contribution in [0.3, 0.4) is 0 Å². The summed E-state index contributed by atoms with van der Waals surface area (Å²) in [5.41, 5.74) is 0. The molecule has 16 heavy (non-hydrogen) atoms. The van der Waals surface area contributed by atoms with Gasteiger partial charge in [0.2, 0.25) is 5.91 Å². The van der Waals surface area contributed by atoms with E-state index < -0.39 is 24.9 Å². The van der Waals surface area contributed by atoms with Gasteiger partial charge in [0.15, 0.2) is 0 Å². The lowest BCUT2D eigenvalue weighted by Crippen LogP contribution is -2.43. The summed E-state index contributed by atoms with van der Waals surface area (Å²) in [6.07, 6.45) is -5.10. The molecule has 0 aromatic carbocycles. The lowest BCUT2D eigenvalue weighted by atomic mass is 9.99. The van der Waals surface area contributed by atoms with Crippen molar-refractivity contribution in [1.29, 1.82) is 0 Å². The van der Waals surface area contributed by atoms with Gasteiger partial charge in [-0.1, -0.05) is 6.92 Å². The second-order valence-corrected chi connectivity index (χ2v) is 4.80. The summed E-state index contributed by atoms with van der Waals surface area (Å²) in [5.74, 6) is -0.280. The highest BCUT2D eigenvalue weighted by atomic mass is 35.5. The fraction of sp³-hybridized carbons (Fsp3) is 0.900. The largest absolute Gasteiger partial charge is 0.389 e. The molecule has 94 valence electrons. The zero-order valence-corrected chi connectivity index (χ0v) is 9.81. The molecule has 0 saturated carbocycles. The second-order valence-electron chi connectivity index (χ2n) is 4.24. The Morgan fingerprint density at radius 2 is 2.12 bits per heavy atom. The Morgan fingerprint density at radius 1 is 1.50 bits per heavy atom. The lowest BCUT2D eigenvalue weighted by molar-refractivity contribution is -0.150. The van der Waals surface area contributed by atoms with E-state index in [0.29, 0.717) is 19.5 Å². The fourth-order valence-electron chi connectivity index (χ4n) is 1.75. The molecule has 0 N–H and O–H groups in total. The van der Waals surface area contributed by atoms with Gasteiger partial charge >= 0.3 is 6.18 Å². The number of amides is 1. The highest BCUT2D eigenvalue weighted by molar-refractivity contribution is 6.20. The Hall–Kier alpha value is -0.450.